The first-order chi connectivity index (χ1) is 39.8. The molecule has 0 aliphatic carbocycles. The maximum Gasteiger partial charge on any atom is 0.331 e. The minimum Gasteiger partial charge on any atom is -0.478 e. The zero-order valence-corrected chi connectivity index (χ0v) is 49.2. The number of carbonyl (C=O) groups is 1. The Morgan fingerprint density at radius 2 is 1.00 bits per heavy atom. The SMILES string of the molecule is C\C(=C/C=C/C=C/CC/C=C/C(C)C(O)C(C)C(O)/C=C/C=C/C=C/C=C/C=C/C=C\C(O)C(C)C1(C(O)CC(O)/C=C/CC(O)CC(O)CC(O)/C=C/CC(O)CC(O)C(O)C(O)CC(O)CC(O)CCCN=C(N)N)OCCO1)C(=O)O. The van der Waals surface area contributed by atoms with Gasteiger partial charge in [0.1, 0.15) is 12.2 Å². The summed E-state index contributed by atoms with van der Waals surface area (Å²) in [5.41, 5.74) is 10.8. The van der Waals surface area contributed by atoms with Crippen molar-refractivity contribution >= 4 is 11.9 Å². The van der Waals surface area contributed by atoms with Crippen molar-refractivity contribution in [3.05, 3.63) is 145 Å². The lowest BCUT2D eigenvalue weighted by atomic mass is 9.87. The van der Waals surface area contributed by atoms with Gasteiger partial charge in [-0.25, -0.2) is 4.79 Å². The number of carboxylic acid groups (broad SMARTS) is 1. The average Bonchev–Trinajstić information content (AvgIpc) is 2.94. The number of guanidine groups is 1. The molecule has 0 aromatic carbocycles. The third-order valence-electron chi connectivity index (χ3n) is 14.0. The molecule has 1 aliphatic heterocycles. The molecule has 0 bridgehead atoms. The molecule has 21 heteroatoms. The summed E-state index contributed by atoms with van der Waals surface area (Å²) in [7, 11) is 0. The summed E-state index contributed by atoms with van der Waals surface area (Å²) in [6.45, 7) is 7.49. The number of rotatable bonds is 44. The van der Waals surface area contributed by atoms with Gasteiger partial charge in [-0.1, -0.05) is 161 Å². The Hall–Kier alpha value is -5.02. The predicted molar refractivity (Wildman–Crippen MR) is 324 cm³/mol. The van der Waals surface area contributed by atoms with Crippen LogP contribution in [-0.2, 0) is 14.3 Å². The van der Waals surface area contributed by atoms with Crippen LogP contribution in [0.2, 0.25) is 0 Å². The van der Waals surface area contributed by atoms with E-state index in [9.17, 15) is 76.3 Å². The smallest absolute Gasteiger partial charge is 0.331 e. The molecule has 0 aromatic rings. The van der Waals surface area contributed by atoms with Crippen LogP contribution in [0.25, 0.3) is 0 Å². The van der Waals surface area contributed by atoms with Crippen LogP contribution in [0.15, 0.2) is 150 Å². The molecule has 17 atom stereocenters. The fourth-order valence-corrected chi connectivity index (χ4v) is 8.83. The second-order valence-electron chi connectivity index (χ2n) is 21.4. The van der Waals surface area contributed by atoms with Crippen LogP contribution in [0.1, 0.15) is 105 Å². The number of aliphatic carboxylic acids is 1. The molecule has 84 heavy (non-hydrogen) atoms. The molecule has 1 saturated heterocycles. The van der Waals surface area contributed by atoms with Crippen molar-refractivity contribution < 1.29 is 90.9 Å². The molecule has 0 aromatic heterocycles. The first-order valence-corrected chi connectivity index (χ1v) is 28.9. The largest absolute Gasteiger partial charge is 0.478 e. The highest BCUT2D eigenvalue weighted by Crippen LogP contribution is 2.36. The van der Waals surface area contributed by atoms with Crippen LogP contribution in [0.4, 0.5) is 0 Å². The van der Waals surface area contributed by atoms with Crippen LogP contribution in [0, 0.1) is 17.8 Å². The molecule has 21 nitrogen and oxygen atoms in total. The van der Waals surface area contributed by atoms with E-state index in [0.29, 0.717) is 19.4 Å². The number of ether oxygens (including phenoxy) is 2. The molecule has 1 rings (SSSR count). The van der Waals surface area contributed by atoms with Crippen molar-refractivity contribution in [2.45, 2.75) is 196 Å². The van der Waals surface area contributed by atoms with Crippen molar-refractivity contribution in [2.24, 2.45) is 34.2 Å². The fourth-order valence-electron chi connectivity index (χ4n) is 8.83. The number of aliphatic hydroxyl groups excluding tert-OH is 14. The summed E-state index contributed by atoms with van der Waals surface area (Å²) in [5.74, 6) is -3.97. The van der Waals surface area contributed by atoms with Crippen LogP contribution < -0.4 is 11.5 Å². The molecular formula is C63H101N3O18. The first-order valence-electron chi connectivity index (χ1n) is 28.9. The van der Waals surface area contributed by atoms with Gasteiger partial charge in [0.15, 0.2) is 11.7 Å². The van der Waals surface area contributed by atoms with Crippen molar-refractivity contribution in [1.82, 2.24) is 0 Å². The Bertz CT molecular complexity index is 2190. The number of nitrogens with zero attached hydrogens (tertiary/aromatic N) is 1. The van der Waals surface area contributed by atoms with E-state index in [-0.39, 0.29) is 82.0 Å². The highest BCUT2D eigenvalue weighted by Gasteiger charge is 2.50. The van der Waals surface area contributed by atoms with Crippen LogP contribution in [-0.4, -0.2) is 200 Å². The third-order valence-corrected chi connectivity index (χ3v) is 14.0. The average molecular weight is 1190 g/mol. The highest BCUT2D eigenvalue weighted by molar-refractivity contribution is 5.86. The lowest BCUT2D eigenvalue weighted by Crippen LogP contribution is -2.53. The lowest BCUT2D eigenvalue weighted by molar-refractivity contribution is -0.263. The zero-order chi connectivity index (χ0) is 63.0. The number of carboxylic acids is 1. The molecule has 476 valence electrons. The van der Waals surface area contributed by atoms with Crippen molar-refractivity contribution in [3.63, 3.8) is 0 Å². The third kappa shape index (κ3) is 34.2. The molecule has 0 saturated carbocycles. The minimum absolute atomic E-state index is 0.0273. The van der Waals surface area contributed by atoms with Crippen LogP contribution >= 0.6 is 0 Å². The Balaban J connectivity index is 2.50. The van der Waals surface area contributed by atoms with Gasteiger partial charge in [0.2, 0.25) is 0 Å². The van der Waals surface area contributed by atoms with Crippen molar-refractivity contribution in [1.29, 1.82) is 0 Å². The van der Waals surface area contributed by atoms with E-state index in [4.69, 9.17) is 26.0 Å². The summed E-state index contributed by atoms with van der Waals surface area (Å²) in [6, 6.07) is 0. The van der Waals surface area contributed by atoms with Crippen molar-refractivity contribution in [3.8, 4) is 0 Å². The van der Waals surface area contributed by atoms with E-state index in [0.717, 1.165) is 12.8 Å². The van der Waals surface area contributed by atoms with E-state index in [1.165, 1.54) is 43.4 Å². The molecule has 0 amide bonds. The van der Waals surface area contributed by atoms with Gasteiger partial charge in [-0.2, -0.15) is 0 Å². The predicted octanol–water partition coefficient (Wildman–Crippen LogP) is 2.79. The normalized spacial score (nSPS) is 21.1. The molecule has 1 aliphatic rings. The van der Waals surface area contributed by atoms with Gasteiger partial charge in [0, 0.05) is 55.6 Å². The van der Waals surface area contributed by atoms with Crippen LogP contribution in [0.3, 0.4) is 0 Å². The molecule has 17 unspecified atom stereocenters. The Morgan fingerprint density at radius 3 is 1.56 bits per heavy atom. The number of unbranched alkanes of at least 4 members (excludes halogenated alkanes) is 1. The summed E-state index contributed by atoms with van der Waals surface area (Å²) >= 11 is 0. The summed E-state index contributed by atoms with van der Waals surface area (Å²) < 4.78 is 11.7. The van der Waals surface area contributed by atoms with Gasteiger partial charge in [0.25, 0.3) is 0 Å². The molecular weight excluding hydrogens is 1090 g/mol. The number of hydrogen-bond donors (Lipinski definition) is 17. The zero-order valence-electron chi connectivity index (χ0n) is 49.2. The Labute approximate surface area is 496 Å². The second-order valence-corrected chi connectivity index (χ2v) is 21.4. The number of hydrogen-bond acceptors (Lipinski definition) is 18. The van der Waals surface area contributed by atoms with Gasteiger partial charge in [-0.15, -0.1) is 0 Å². The number of aliphatic imine (C=N–C) groups is 1. The highest BCUT2D eigenvalue weighted by atomic mass is 16.7. The summed E-state index contributed by atoms with van der Waals surface area (Å²) in [5, 5.41) is 156. The maximum absolute atomic E-state index is 11.2. The summed E-state index contributed by atoms with van der Waals surface area (Å²) in [6.07, 6.45) is 23.4. The van der Waals surface area contributed by atoms with Gasteiger partial charge in [0.05, 0.1) is 86.5 Å². The van der Waals surface area contributed by atoms with Gasteiger partial charge in [-0.05, 0) is 58.3 Å². The van der Waals surface area contributed by atoms with E-state index in [1.807, 2.05) is 31.2 Å². The molecule has 1 heterocycles. The lowest BCUT2D eigenvalue weighted by Gasteiger charge is -2.39. The second kappa shape index (κ2) is 44.4. The topological polar surface area (TPSA) is 403 Å². The van der Waals surface area contributed by atoms with E-state index >= 15 is 0 Å². The van der Waals surface area contributed by atoms with Crippen molar-refractivity contribution in [2.75, 3.05) is 19.8 Å². The maximum atomic E-state index is 11.2. The fraction of sp³-hybridized carbons (Fsp3) is 0.587. The molecule has 1 fully saturated rings. The van der Waals surface area contributed by atoms with Crippen LogP contribution in [0.5, 0.6) is 0 Å². The number of allylic oxidation sites excluding steroid dienone is 16. The quantitative estimate of drug-likeness (QED) is 0.0104. The first kappa shape index (κ1) is 77.0. The standard InChI is InChI=1S/C63H101N3O18/c1-43(25-18-14-10-9-11-15-19-26-44(2)61(81)82)59(79)45(3)54(74)32-20-16-12-7-5-6-8-13-17-21-33-55(75)46(4)63(83-35-36-84-63)58(78)42-51(71)30-23-28-48(68)38-52(72)37-47(67)27-22-29-50(70)40-56(76)60(80)57(77)41-53(73)39-49(69)31-24-34-66-62(64)65/h5-9,11-13,15-23,25-27,30,32-33,43,45-60,67-80H,10,14,24,28-29,31,34-42H2,1-4H3,(H,81,82)(H4,64,65,66)/b7-5+,8-6+,11-9+,16-12+,17-13+,19-15+,25-18+,27-22+,30-23+,32-20+,33-21-,44-26+. The monoisotopic (exact) mass is 1190 g/mol. The number of aliphatic hydroxyl groups is 14. The molecule has 19 N–H and O–H groups in total. The Kier molecular flexibility index (Phi) is 40.7. The minimum atomic E-state index is -1.70. The Morgan fingerprint density at radius 1 is 0.524 bits per heavy atom. The molecule has 0 radical (unpaired) electrons. The summed E-state index contributed by atoms with van der Waals surface area (Å²) in [4.78, 5) is 14.6. The van der Waals surface area contributed by atoms with Gasteiger partial charge in [-0.3, -0.25) is 4.99 Å². The number of nitrogens with two attached hydrogens (primary N) is 2. The van der Waals surface area contributed by atoms with E-state index in [2.05, 4.69) is 4.99 Å². The molecule has 0 spiro atoms. The van der Waals surface area contributed by atoms with E-state index in [1.54, 1.807) is 92.8 Å². The van der Waals surface area contributed by atoms with Gasteiger partial charge < -0.3 is 97.5 Å². The van der Waals surface area contributed by atoms with Gasteiger partial charge >= 0.3 is 5.97 Å². The van der Waals surface area contributed by atoms with E-state index < -0.39 is 109 Å².